The zero-order chi connectivity index (χ0) is 27.5. The number of aromatic carboxylic acids is 1. The number of carbonyl (C=O) groups is 2. The SMILES string of the molecule is Cc1cc(N(C)c2ccc(C3CCCCC3)cc2)ccc1Nc1ccc(C(=O)N2CC(C#N)C2)cc1C(=O)O. The molecule has 1 aliphatic heterocycles. The van der Waals surface area contributed by atoms with Gasteiger partial charge in [0.05, 0.1) is 23.2 Å². The van der Waals surface area contributed by atoms with Crippen LogP contribution in [0, 0.1) is 24.2 Å². The van der Waals surface area contributed by atoms with Crippen LogP contribution in [0.3, 0.4) is 0 Å². The third-order valence-electron chi connectivity index (χ3n) is 8.07. The van der Waals surface area contributed by atoms with Crippen molar-refractivity contribution in [1.82, 2.24) is 4.90 Å². The largest absolute Gasteiger partial charge is 0.478 e. The molecule has 3 aromatic rings. The number of carbonyl (C=O) groups excluding carboxylic acids is 1. The molecule has 1 amide bonds. The number of carboxylic acid groups (broad SMARTS) is 1. The summed E-state index contributed by atoms with van der Waals surface area (Å²) in [5.74, 6) is -0.845. The number of nitrogens with zero attached hydrogens (tertiary/aromatic N) is 3. The number of amides is 1. The lowest BCUT2D eigenvalue weighted by Crippen LogP contribution is -2.49. The van der Waals surface area contributed by atoms with Crippen molar-refractivity contribution in [1.29, 1.82) is 5.26 Å². The van der Waals surface area contributed by atoms with Crippen LogP contribution in [0.2, 0.25) is 0 Å². The molecule has 0 bridgehead atoms. The molecule has 1 heterocycles. The lowest BCUT2D eigenvalue weighted by atomic mass is 9.84. The van der Waals surface area contributed by atoms with E-state index < -0.39 is 5.97 Å². The zero-order valence-electron chi connectivity index (χ0n) is 22.5. The highest BCUT2D eigenvalue weighted by molar-refractivity contribution is 6.01. The van der Waals surface area contributed by atoms with Crippen LogP contribution in [0.25, 0.3) is 0 Å². The fraction of sp³-hybridized carbons (Fsp3) is 0.344. The molecule has 1 aliphatic carbocycles. The van der Waals surface area contributed by atoms with Crippen molar-refractivity contribution in [2.45, 2.75) is 44.9 Å². The van der Waals surface area contributed by atoms with Crippen molar-refractivity contribution in [3.63, 3.8) is 0 Å². The fourth-order valence-electron chi connectivity index (χ4n) is 5.57. The van der Waals surface area contributed by atoms with Gasteiger partial charge in [-0.2, -0.15) is 5.26 Å². The molecule has 39 heavy (non-hydrogen) atoms. The van der Waals surface area contributed by atoms with E-state index in [1.807, 2.05) is 26.1 Å². The van der Waals surface area contributed by atoms with Gasteiger partial charge in [-0.25, -0.2) is 4.79 Å². The second-order valence-electron chi connectivity index (χ2n) is 10.7. The maximum absolute atomic E-state index is 12.7. The molecule has 3 aromatic carbocycles. The molecule has 200 valence electrons. The third kappa shape index (κ3) is 5.61. The number of carboxylic acids is 1. The number of nitrogens with one attached hydrogen (secondary N) is 1. The van der Waals surface area contributed by atoms with Crippen LogP contribution in [0.1, 0.15) is 69.9 Å². The Morgan fingerprint density at radius 3 is 2.26 bits per heavy atom. The molecule has 2 N–H and O–H groups in total. The number of hydrogen-bond acceptors (Lipinski definition) is 5. The van der Waals surface area contributed by atoms with E-state index in [1.165, 1.54) is 43.7 Å². The van der Waals surface area contributed by atoms with E-state index in [0.717, 1.165) is 22.6 Å². The monoisotopic (exact) mass is 522 g/mol. The summed E-state index contributed by atoms with van der Waals surface area (Å²) in [5, 5.41) is 22.0. The van der Waals surface area contributed by atoms with Crippen LogP contribution in [0.5, 0.6) is 0 Å². The predicted molar refractivity (Wildman–Crippen MR) is 153 cm³/mol. The summed E-state index contributed by atoms with van der Waals surface area (Å²) in [7, 11) is 2.05. The summed E-state index contributed by atoms with van der Waals surface area (Å²) in [6.07, 6.45) is 6.57. The predicted octanol–water partition coefficient (Wildman–Crippen LogP) is 6.85. The van der Waals surface area contributed by atoms with Crippen molar-refractivity contribution in [3.8, 4) is 6.07 Å². The first-order valence-corrected chi connectivity index (χ1v) is 13.6. The molecule has 5 rings (SSSR count). The van der Waals surface area contributed by atoms with Crippen LogP contribution < -0.4 is 10.2 Å². The van der Waals surface area contributed by atoms with E-state index in [-0.39, 0.29) is 17.4 Å². The lowest BCUT2D eigenvalue weighted by molar-refractivity contribution is 0.0577. The van der Waals surface area contributed by atoms with Crippen molar-refractivity contribution < 1.29 is 14.7 Å². The Labute approximate surface area is 229 Å². The van der Waals surface area contributed by atoms with Gasteiger partial charge < -0.3 is 20.2 Å². The maximum Gasteiger partial charge on any atom is 0.337 e. The van der Waals surface area contributed by atoms with Gasteiger partial charge in [0.2, 0.25) is 0 Å². The molecule has 1 saturated heterocycles. The number of anilines is 4. The number of aryl methyl sites for hydroxylation is 1. The van der Waals surface area contributed by atoms with Gasteiger partial charge in [0.15, 0.2) is 0 Å². The number of nitriles is 1. The van der Waals surface area contributed by atoms with E-state index in [9.17, 15) is 14.7 Å². The number of benzene rings is 3. The van der Waals surface area contributed by atoms with Gasteiger partial charge in [0.1, 0.15) is 0 Å². The minimum Gasteiger partial charge on any atom is -0.478 e. The second-order valence-corrected chi connectivity index (χ2v) is 10.7. The molecular formula is C32H34N4O3. The van der Waals surface area contributed by atoms with E-state index in [4.69, 9.17) is 5.26 Å². The highest BCUT2D eigenvalue weighted by Crippen LogP contribution is 2.35. The van der Waals surface area contributed by atoms with Gasteiger partial charge in [-0.3, -0.25) is 4.79 Å². The van der Waals surface area contributed by atoms with Gasteiger partial charge >= 0.3 is 5.97 Å². The average molecular weight is 523 g/mol. The average Bonchev–Trinajstić information content (AvgIpc) is 2.93. The van der Waals surface area contributed by atoms with E-state index in [1.54, 1.807) is 17.0 Å². The van der Waals surface area contributed by atoms with Gasteiger partial charge in [0, 0.05) is 42.8 Å². The number of hydrogen-bond donors (Lipinski definition) is 2. The van der Waals surface area contributed by atoms with Gasteiger partial charge in [0.25, 0.3) is 5.91 Å². The summed E-state index contributed by atoms with van der Waals surface area (Å²) in [5.41, 5.74) is 6.09. The first kappa shape index (κ1) is 26.3. The molecule has 0 spiro atoms. The first-order valence-electron chi connectivity index (χ1n) is 13.6. The fourth-order valence-corrected chi connectivity index (χ4v) is 5.57. The highest BCUT2D eigenvalue weighted by Gasteiger charge is 2.31. The van der Waals surface area contributed by atoms with Crippen molar-refractivity contribution >= 4 is 34.6 Å². The normalized spacial score (nSPS) is 15.8. The first-order chi connectivity index (χ1) is 18.8. The maximum atomic E-state index is 12.7. The highest BCUT2D eigenvalue weighted by atomic mass is 16.4. The van der Waals surface area contributed by atoms with Gasteiger partial charge in [-0.15, -0.1) is 0 Å². The second kappa shape index (κ2) is 11.2. The number of likely N-dealkylation sites (tertiary alicyclic amines) is 1. The Bertz CT molecular complexity index is 1410. The molecule has 0 atom stereocenters. The van der Waals surface area contributed by atoms with Crippen LogP contribution in [0.4, 0.5) is 22.7 Å². The van der Waals surface area contributed by atoms with Crippen LogP contribution in [-0.2, 0) is 0 Å². The molecular weight excluding hydrogens is 488 g/mol. The summed E-state index contributed by atoms with van der Waals surface area (Å²) < 4.78 is 0. The quantitative estimate of drug-likeness (QED) is 0.352. The summed E-state index contributed by atoms with van der Waals surface area (Å²) in [6, 6.07) is 21.7. The molecule has 7 heteroatoms. The van der Waals surface area contributed by atoms with Crippen LogP contribution >= 0.6 is 0 Å². The Balaban J connectivity index is 1.30. The minimum atomic E-state index is -1.11. The Morgan fingerprint density at radius 2 is 1.62 bits per heavy atom. The molecule has 2 fully saturated rings. The molecule has 0 aromatic heterocycles. The lowest BCUT2D eigenvalue weighted by Gasteiger charge is -2.35. The molecule has 0 unspecified atom stereocenters. The summed E-state index contributed by atoms with van der Waals surface area (Å²) in [6.45, 7) is 2.74. The molecule has 2 aliphatic rings. The van der Waals surface area contributed by atoms with E-state index in [2.05, 4.69) is 46.6 Å². The topological polar surface area (TPSA) is 96.7 Å². The summed E-state index contributed by atoms with van der Waals surface area (Å²) in [4.78, 5) is 28.4. The Morgan fingerprint density at radius 1 is 0.949 bits per heavy atom. The molecule has 1 saturated carbocycles. The Kier molecular flexibility index (Phi) is 7.56. The smallest absolute Gasteiger partial charge is 0.337 e. The van der Waals surface area contributed by atoms with Gasteiger partial charge in [-0.05, 0) is 85.3 Å². The molecule has 7 nitrogen and oxygen atoms in total. The van der Waals surface area contributed by atoms with E-state index >= 15 is 0 Å². The molecule has 0 radical (unpaired) electrons. The summed E-state index contributed by atoms with van der Waals surface area (Å²) >= 11 is 0. The van der Waals surface area contributed by atoms with Crippen LogP contribution in [-0.4, -0.2) is 42.0 Å². The van der Waals surface area contributed by atoms with Crippen molar-refractivity contribution in [2.24, 2.45) is 5.92 Å². The third-order valence-corrected chi connectivity index (χ3v) is 8.07. The minimum absolute atomic E-state index is 0.0249. The standard InChI is InChI=1S/C32H34N4O3/c1-21-16-27(35(2)26-11-8-24(9-12-26)23-6-4-3-5-7-23)13-15-29(21)34-30-14-10-25(17-28(30)32(38)39)31(37)36-19-22(18-33)20-36/h8-17,22-23,34H,3-7,19-20H2,1-2H3,(H,38,39). The van der Waals surface area contributed by atoms with Gasteiger partial charge in [-0.1, -0.05) is 31.4 Å². The Hall–Kier alpha value is -4.31. The van der Waals surface area contributed by atoms with E-state index in [0.29, 0.717) is 30.3 Å². The number of rotatable bonds is 7. The zero-order valence-corrected chi connectivity index (χ0v) is 22.5. The van der Waals surface area contributed by atoms with Crippen molar-refractivity contribution in [2.75, 3.05) is 30.4 Å². The van der Waals surface area contributed by atoms with Crippen LogP contribution in [0.15, 0.2) is 60.7 Å². The van der Waals surface area contributed by atoms with Crippen molar-refractivity contribution in [3.05, 3.63) is 82.9 Å².